The highest BCUT2D eigenvalue weighted by molar-refractivity contribution is 5.96. The zero-order valence-electron chi connectivity index (χ0n) is 8.47. The van der Waals surface area contributed by atoms with Crippen LogP contribution >= 0.6 is 0 Å². The van der Waals surface area contributed by atoms with Crippen LogP contribution in [-0.2, 0) is 0 Å². The maximum atomic E-state index is 10.4. The Kier molecular flexibility index (Phi) is 4.09. The summed E-state index contributed by atoms with van der Waals surface area (Å²) < 4.78 is 0. The maximum absolute atomic E-state index is 10.4. The Hall–Kier alpha value is -2.10. The average Bonchev–Trinajstić information content (AvgIpc) is 2.25. The molecule has 0 spiro atoms. The first-order valence-corrected chi connectivity index (χ1v) is 4.51. The number of carbonyl (C=O) groups is 1. The Bertz CT molecular complexity index is 382. The van der Waals surface area contributed by atoms with Crippen molar-refractivity contribution in [1.29, 1.82) is 0 Å². The number of carbonyl (C=O) groups excluding carboxylic acids is 1. The molecule has 4 nitrogen and oxygen atoms in total. The number of amides is 2. The summed E-state index contributed by atoms with van der Waals surface area (Å²) in [4.78, 5) is 10.4. The van der Waals surface area contributed by atoms with Crippen molar-refractivity contribution in [3.8, 4) is 0 Å². The second-order valence-corrected chi connectivity index (χ2v) is 2.97. The van der Waals surface area contributed by atoms with E-state index in [1.807, 2.05) is 36.4 Å². The molecule has 15 heavy (non-hydrogen) atoms. The van der Waals surface area contributed by atoms with Crippen LogP contribution in [0.15, 0.2) is 41.5 Å². The van der Waals surface area contributed by atoms with Crippen LogP contribution in [0.2, 0.25) is 0 Å². The van der Waals surface area contributed by atoms with E-state index in [1.165, 1.54) is 0 Å². The molecule has 0 fully saturated rings. The first kappa shape index (κ1) is 11.0. The lowest BCUT2D eigenvalue weighted by atomic mass is 10.2. The number of nitrogens with zero attached hydrogens (tertiary/aromatic N) is 1. The van der Waals surface area contributed by atoms with Crippen LogP contribution in [0, 0.1) is 0 Å². The number of nitrogens with one attached hydrogen (secondary N) is 1. The van der Waals surface area contributed by atoms with Crippen LogP contribution in [0.5, 0.6) is 0 Å². The Morgan fingerprint density at radius 2 is 2.07 bits per heavy atom. The molecule has 0 unspecified atom stereocenters. The van der Waals surface area contributed by atoms with Crippen molar-refractivity contribution in [3.63, 3.8) is 0 Å². The van der Waals surface area contributed by atoms with Crippen molar-refractivity contribution in [3.05, 3.63) is 42.0 Å². The molecule has 1 aromatic carbocycles. The van der Waals surface area contributed by atoms with Crippen molar-refractivity contribution in [2.45, 2.75) is 6.92 Å². The minimum Gasteiger partial charge on any atom is -0.350 e. The normalized spacial score (nSPS) is 11.7. The zero-order chi connectivity index (χ0) is 11.1. The number of primary amides is 1. The monoisotopic (exact) mass is 203 g/mol. The first-order valence-electron chi connectivity index (χ1n) is 4.51. The lowest BCUT2D eigenvalue weighted by Gasteiger charge is -1.94. The van der Waals surface area contributed by atoms with Crippen LogP contribution in [0.4, 0.5) is 4.79 Å². The standard InChI is InChI=1S/C11H13N3O/c1-9(13-14-11(12)15)7-8-10-5-3-2-4-6-10/h2-8H,1H3,(H3,12,14,15)/b8-7+,13-9?. The van der Waals surface area contributed by atoms with E-state index in [0.29, 0.717) is 5.71 Å². The number of hydrazone groups is 1. The van der Waals surface area contributed by atoms with Crippen molar-refractivity contribution in [2.75, 3.05) is 0 Å². The molecule has 0 aliphatic carbocycles. The van der Waals surface area contributed by atoms with Gasteiger partial charge in [0.25, 0.3) is 0 Å². The van der Waals surface area contributed by atoms with E-state index in [4.69, 9.17) is 5.73 Å². The van der Waals surface area contributed by atoms with Gasteiger partial charge in [0.1, 0.15) is 0 Å². The Morgan fingerprint density at radius 3 is 2.67 bits per heavy atom. The highest BCUT2D eigenvalue weighted by Crippen LogP contribution is 2.00. The number of hydrogen-bond donors (Lipinski definition) is 2. The zero-order valence-corrected chi connectivity index (χ0v) is 8.47. The molecule has 0 radical (unpaired) electrons. The van der Waals surface area contributed by atoms with E-state index in [-0.39, 0.29) is 0 Å². The van der Waals surface area contributed by atoms with Crippen LogP contribution in [-0.4, -0.2) is 11.7 Å². The predicted molar refractivity (Wildman–Crippen MR) is 61.3 cm³/mol. The fraction of sp³-hybridized carbons (Fsp3) is 0.0909. The molecule has 0 aliphatic rings. The van der Waals surface area contributed by atoms with Crippen LogP contribution in [0.25, 0.3) is 6.08 Å². The average molecular weight is 203 g/mol. The van der Waals surface area contributed by atoms with Gasteiger partial charge < -0.3 is 5.73 Å². The fourth-order valence-electron chi connectivity index (χ4n) is 0.962. The minimum atomic E-state index is -0.664. The lowest BCUT2D eigenvalue weighted by Crippen LogP contribution is -2.25. The third kappa shape index (κ3) is 4.61. The second-order valence-electron chi connectivity index (χ2n) is 2.97. The second kappa shape index (κ2) is 5.59. The molecule has 0 aromatic heterocycles. The van der Waals surface area contributed by atoms with Crippen molar-refractivity contribution < 1.29 is 4.79 Å². The fourth-order valence-corrected chi connectivity index (χ4v) is 0.962. The molecule has 0 saturated carbocycles. The largest absolute Gasteiger partial charge is 0.350 e. The molecular weight excluding hydrogens is 190 g/mol. The van der Waals surface area contributed by atoms with Gasteiger partial charge in [-0.05, 0) is 18.6 Å². The highest BCUT2D eigenvalue weighted by atomic mass is 16.2. The summed E-state index contributed by atoms with van der Waals surface area (Å²) in [6.45, 7) is 1.77. The summed E-state index contributed by atoms with van der Waals surface area (Å²) in [5.74, 6) is 0. The van der Waals surface area contributed by atoms with E-state index >= 15 is 0 Å². The van der Waals surface area contributed by atoms with E-state index in [9.17, 15) is 4.79 Å². The van der Waals surface area contributed by atoms with Gasteiger partial charge in [0.15, 0.2) is 0 Å². The Morgan fingerprint density at radius 1 is 1.40 bits per heavy atom. The van der Waals surface area contributed by atoms with Gasteiger partial charge in [-0.25, -0.2) is 10.2 Å². The molecular formula is C11H13N3O. The van der Waals surface area contributed by atoms with Crippen molar-refractivity contribution >= 4 is 17.8 Å². The predicted octanol–water partition coefficient (Wildman–Crippen LogP) is 1.74. The van der Waals surface area contributed by atoms with Gasteiger partial charge in [-0.15, -0.1) is 0 Å². The summed E-state index contributed by atoms with van der Waals surface area (Å²) in [6, 6.07) is 9.15. The maximum Gasteiger partial charge on any atom is 0.332 e. The molecule has 2 amide bonds. The third-order valence-electron chi connectivity index (χ3n) is 1.66. The van der Waals surface area contributed by atoms with Crippen molar-refractivity contribution in [1.82, 2.24) is 5.43 Å². The number of urea groups is 1. The number of allylic oxidation sites excluding steroid dienone is 1. The SMILES string of the molecule is CC(/C=C/c1ccccc1)=NNC(N)=O. The smallest absolute Gasteiger partial charge is 0.332 e. The van der Waals surface area contributed by atoms with Gasteiger partial charge in [0.05, 0.1) is 5.71 Å². The van der Waals surface area contributed by atoms with Gasteiger partial charge in [-0.1, -0.05) is 36.4 Å². The molecule has 78 valence electrons. The molecule has 0 bridgehead atoms. The minimum absolute atomic E-state index is 0.664. The molecule has 1 rings (SSSR count). The van der Waals surface area contributed by atoms with Gasteiger partial charge in [0.2, 0.25) is 0 Å². The molecule has 0 heterocycles. The molecule has 1 aromatic rings. The lowest BCUT2D eigenvalue weighted by molar-refractivity contribution is 0.249. The van der Waals surface area contributed by atoms with Gasteiger partial charge in [-0.3, -0.25) is 0 Å². The van der Waals surface area contributed by atoms with Gasteiger partial charge in [0, 0.05) is 0 Å². The molecule has 3 N–H and O–H groups in total. The number of rotatable bonds is 3. The van der Waals surface area contributed by atoms with E-state index in [1.54, 1.807) is 13.0 Å². The summed E-state index contributed by atoms with van der Waals surface area (Å²) in [6.07, 6.45) is 3.70. The van der Waals surface area contributed by atoms with E-state index in [2.05, 4.69) is 10.5 Å². The van der Waals surface area contributed by atoms with Crippen LogP contribution in [0.1, 0.15) is 12.5 Å². The quantitative estimate of drug-likeness (QED) is 0.570. The van der Waals surface area contributed by atoms with Gasteiger partial charge in [-0.2, -0.15) is 5.10 Å². The first-order chi connectivity index (χ1) is 7.18. The van der Waals surface area contributed by atoms with Crippen LogP contribution in [0.3, 0.4) is 0 Å². The molecule has 0 saturated heterocycles. The molecule has 0 aliphatic heterocycles. The highest BCUT2D eigenvalue weighted by Gasteiger charge is 1.88. The summed E-state index contributed by atoms with van der Waals surface area (Å²) >= 11 is 0. The van der Waals surface area contributed by atoms with E-state index < -0.39 is 6.03 Å². The van der Waals surface area contributed by atoms with Gasteiger partial charge >= 0.3 is 6.03 Å². The Balaban J connectivity index is 2.58. The summed E-state index contributed by atoms with van der Waals surface area (Å²) in [5.41, 5.74) is 8.78. The molecule has 4 heteroatoms. The number of hydrogen-bond acceptors (Lipinski definition) is 2. The summed E-state index contributed by atoms with van der Waals surface area (Å²) in [7, 11) is 0. The Labute approximate surface area is 88.5 Å². The summed E-state index contributed by atoms with van der Waals surface area (Å²) in [5, 5.41) is 3.74. The van der Waals surface area contributed by atoms with Crippen LogP contribution < -0.4 is 11.2 Å². The topological polar surface area (TPSA) is 67.5 Å². The third-order valence-corrected chi connectivity index (χ3v) is 1.66. The number of benzene rings is 1. The van der Waals surface area contributed by atoms with Crippen molar-refractivity contribution in [2.24, 2.45) is 10.8 Å². The number of nitrogens with two attached hydrogens (primary N) is 1. The molecule has 0 atom stereocenters. The van der Waals surface area contributed by atoms with E-state index in [0.717, 1.165) is 5.56 Å².